The third kappa shape index (κ3) is 2.96. The van der Waals surface area contributed by atoms with Crippen molar-refractivity contribution in [3.05, 3.63) is 58.7 Å². The van der Waals surface area contributed by atoms with Gasteiger partial charge in [-0.25, -0.2) is 17.6 Å². The molecule has 2 aromatic rings. The van der Waals surface area contributed by atoms with E-state index in [1.807, 2.05) is 0 Å². The largest absolute Gasteiger partial charge is 0.398 e. The van der Waals surface area contributed by atoms with E-state index in [1.54, 1.807) is 0 Å². The number of rotatable bonds is 2. The summed E-state index contributed by atoms with van der Waals surface area (Å²) in [6, 6.07) is 2.91. The molecule has 0 bridgehead atoms. The summed E-state index contributed by atoms with van der Waals surface area (Å²) in [6.07, 6.45) is 0. The highest BCUT2D eigenvalue weighted by Crippen LogP contribution is 2.22. The van der Waals surface area contributed by atoms with Crippen LogP contribution in [-0.4, -0.2) is 5.91 Å². The molecule has 0 aliphatic carbocycles. The minimum atomic E-state index is -1.27. The molecule has 0 unspecified atom stereocenters. The van der Waals surface area contributed by atoms with Gasteiger partial charge < -0.3 is 11.1 Å². The molecule has 0 aromatic heterocycles. The second-order valence-corrected chi connectivity index (χ2v) is 4.39. The molecule has 110 valence electrons. The Labute approximate surface area is 117 Å². The minimum absolute atomic E-state index is 0.0674. The Hall–Kier alpha value is -2.57. The number of carbonyl (C=O) groups is 1. The molecule has 2 rings (SSSR count). The molecule has 0 aliphatic rings. The van der Waals surface area contributed by atoms with Crippen molar-refractivity contribution < 1.29 is 22.4 Å². The molecule has 0 fully saturated rings. The van der Waals surface area contributed by atoms with Crippen LogP contribution in [-0.2, 0) is 0 Å². The Morgan fingerprint density at radius 1 is 0.952 bits per heavy atom. The SMILES string of the molecule is Cc1cc(F)c(NC(=O)c2cc(F)c(F)cc2N)cc1F. The number of carbonyl (C=O) groups excluding carboxylic acids is 1. The summed E-state index contributed by atoms with van der Waals surface area (Å²) in [5, 5.41) is 2.06. The Bertz CT molecular complexity index is 731. The van der Waals surface area contributed by atoms with Gasteiger partial charge in [-0.1, -0.05) is 0 Å². The molecule has 0 saturated carbocycles. The summed E-state index contributed by atoms with van der Waals surface area (Å²) >= 11 is 0. The van der Waals surface area contributed by atoms with Crippen molar-refractivity contribution in [3.8, 4) is 0 Å². The van der Waals surface area contributed by atoms with Gasteiger partial charge in [-0.05, 0) is 24.6 Å². The van der Waals surface area contributed by atoms with Gasteiger partial charge in [0.2, 0.25) is 0 Å². The number of halogens is 4. The first-order valence-electron chi connectivity index (χ1n) is 5.81. The number of amides is 1. The molecule has 0 spiro atoms. The van der Waals surface area contributed by atoms with E-state index >= 15 is 0 Å². The monoisotopic (exact) mass is 298 g/mol. The topological polar surface area (TPSA) is 55.1 Å². The maximum atomic E-state index is 13.6. The van der Waals surface area contributed by atoms with Crippen LogP contribution >= 0.6 is 0 Å². The lowest BCUT2D eigenvalue weighted by Gasteiger charge is -2.10. The van der Waals surface area contributed by atoms with Crippen LogP contribution < -0.4 is 11.1 Å². The Kier molecular flexibility index (Phi) is 3.84. The average molecular weight is 298 g/mol. The van der Waals surface area contributed by atoms with Crippen LogP contribution in [0, 0.1) is 30.2 Å². The van der Waals surface area contributed by atoms with Gasteiger partial charge in [-0.2, -0.15) is 0 Å². The molecule has 0 aliphatic heterocycles. The number of nitrogens with one attached hydrogen (secondary N) is 1. The molecular weight excluding hydrogens is 288 g/mol. The summed E-state index contributed by atoms with van der Waals surface area (Å²) in [5.74, 6) is -5.04. The molecular formula is C14H10F4N2O. The van der Waals surface area contributed by atoms with Crippen molar-refractivity contribution >= 4 is 17.3 Å². The third-order valence-corrected chi connectivity index (χ3v) is 2.83. The van der Waals surface area contributed by atoms with E-state index in [0.717, 1.165) is 12.1 Å². The van der Waals surface area contributed by atoms with Crippen LogP contribution in [0.4, 0.5) is 28.9 Å². The zero-order valence-electron chi connectivity index (χ0n) is 10.8. The van der Waals surface area contributed by atoms with Gasteiger partial charge >= 0.3 is 0 Å². The van der Waals surface area contributed by atoms with Crippen molar-refractivity contribution in [2.75, 3.05) is 11.1 Å². The fourth-order valence-corrected chi connectivity index (χ4v) is 1.69. The summed E-state index contributed by atoms with van der Waals surface area (Å²) < 4.78 is 53.0. The number of hydrogen-bond donors (Lipinski definition) is 2. The van der Waals surface area contributed by atoms with E-state index < -0.39 is 34.9 Å². The van der Waals surface area contributed by atoms with Crippen LogP contribution in [0.25, 0.3) is 0 Å². The fraction of sp³-hybridized carbons (Fsp3) is 0.0714. The van der Waals surface area contributed by atoms with Gasteiger partial charge in [0.25, 0.3) is 5.91 Å². The fourth-order valence-electron chi connectivity index (χ4n) is 1.69. The van der Waals surface area contributed by atoms with E-state index in [4.69, 9.17) is 5.73 Å². The highest BCUT2D eigenvalue weighted by molar-refractivity contribution is 6.07. The van der Waals surface area contributed by atoms with Crippen molar-refractivity contribution in [2.45, 2.75) is 6.92 Å². The highest BCUT2D eigenvalue weighted by atomic mass is 19.2. The molecule has 0 radical (unpaired) electrons. The molecule has 0 heterocycles. The minimum Gasteiger partial charge on any atom is -0.398 e. The normalized spacial score (nSPS) is 10.5. The number of anilines is 2. The zero-order chi connectivity index (χ0) is 15.7. The summed E-state index contributed by atoms with van der Waals surface area (Å²) in [5.41, 5.74) is 4.34. The predicted molar refractivity (Wildman–Crippen MR) is 69.8 cm³/mol. The molecule has 0 atom stereocenters. The maximum absolute atomic E-state index is 13.6. The highest BCUT2D eigenvalue weighted by Gasteiger charge is 2.17. The van der Waals surface area contributed by atoms with Gasteiger partial charge in [-0.15, -0.1) is 0 Å². The molecule has 21 heavy (non-hydrogen) atoms. The van der Waals surface area contributed by atoms with E-state index in [0.29, 0.717) is 12.1 Å². The smallest absolute Gasteiger partial charge is 0.257 e. The number of nitrogens with two attached hydrogens (primary N) is 1. The second kappa shape index (κ2) is 5.43. The molecule has 3 N–H and O–H groups in total. The van der Waals surface area contributed by atoms with Crippen molar-refractivity contribution in [1.29, 1.82) is 0 Å². The lowest BCUT2D eigenvalue weighted by Crippen LogP contribution is -2.16. The second-order valence-electron chi connectivity index (χ2n) is 4.39. The van der Waals surface area contributed by atoms with E-state index in [-0.39, 0.29) is 16.8 Å². The Balaban J connectivity index is 2.35. The van der Waals surface area contributed by atoms with Crippen LogP contribution in [0.2, 0.25) is 0 Å². The third-order valence-electron chi connectivity index (χ3n) is 2.83. The molecule has 0 saturated heterocycles. The first-order valence-corrected chi connectivity index (χ1v) is 5.81. The molecule has 2 aromatic carbocycles. The summed E-state index contributed by atoms with van der Waals surface area (Å²) in [7, 11) is 0. The first-order chi connectivity index (χ1) is 9.79. The number of hydrogen-bond acceptors (Lipinski definition) is 2. The van der Waals surface area contributed by atoms with Crippen molar-refractivity contribution in [3.63, 3.8) is 0 Å². The van der Waals surface area contributed by atoms with Crippen molar-refractivity contribution in [2.24, 2.45) is 0 Å². The average Bonchev–Trinajstić information content (AvgIpc) is 2.40. The van der Waals surface area contributed by atoms with Crippen LogP contribution in [0.5, 0.6) is 0 Å². The zero-order valence-corrected chi connectivity index (χ0v) is 10.8. The number of benzene rings is 2. The standard InChI is InChI=1S/C14H10F4N2O/c1-6-2-11(18)13(5-8(6)15)20-14(21)7-3-9(16)10(17)4-12(7)19/h2-5H,19H2,1H3,(H,20,21). The van der Waals surface area contributed by atoms with E-state index in [1.165, 1.54) is 6.92 Å². The molecule has 1 amide bonds. The van der Waals surface area contributed by atoms with Gasteiger partial charge in [0.05, 0.1) is 11.3 Å². The van der Waals surface area contributed by atoms with Gasteiger partial charge in [0, 0.05) is 17.8 Å². The van der Waals surface area contributed by atoms with Gasteiger partial charge in [0.1, 0.15) is 11.6 Å². The summed E-state index contributed by atoms with van der Waals surface area (Å²) in [4.78, 5) is 11.9. The summed E-state index contributed by atoms with van der Waals surface area (Å²) in [6.45, 7) is 1.36. The van der Waals surface area contributed by atoms with Crippen molar-refractivity contribution in [1.82, 2.24) is 0 Å². The number of nitrogen functional groups attached to an aromatic ring is 1. The molecule has 3 nitrogen and oxygen atoms in total. The first kappa shape index (κ1) is 14.8. The van der Waals surface area contributed by atoms with Crippen LogP contribution in [0.1, 0.15) is 15.9 Å². The van der Waals surface area contributed by atoms with Crippen LogP contribution in [0.15, 0.2) is 24.3 Å². The lowest BCUT2D eigenvalue weighted by atomic mass is 10.1. The lowest BCUT2D eigenvalue weighted by molar-refractivity contribution is 0.102. The van der Waals surface area contributed by atoms with Crippen LogP contribution in [0.3, 0.4) is 0 Å². The predicted octanol–water partition coefficient (Wildman–Crippen LogP) is 3.39. The van der Waals surface area contributed by atoms with Gasteiger partial charge in [-0.3, -0.25) is 4.79 Å². The van der Waals surface area contributed by atoms with Gasteiger partial charge in [0.15, 0.2) is 11.6 Å². The van der Waals surface area contributed by atoms with E-state index in [9.17, 15) is 22.4 Å². The maximum Gasteiger partial charge on any atom is 0.257 e. The number of aryl methyl sites for hydroxylation is 1. The Morgan fingerprint density at radius 2 is 1.57 bits per heavy atom. The quantitative estimate of drug-likeness (QED) is 0.659. The Morgan fingerprint density at radius 3 is 2.24 bits per heavy atom. The molecule has 7 heteroatoms. The van der Waals surface area contributed by atoms with E-state index in [2.05, 4.69) is 5.32 Å².